The van der Waals surface area contributed by atoms with Crippen LogP contribution in [0.25, 0.3) is 32.0 Å². The first-order valence-corrected chi connectivity index (χ1v) is 17.7. The Morgan fingerprint density at radius 3 is 2.67 bits per heavy atom. The number of aryl methyl sites for hydroxylation is 3. The van der Waals surface area contributed by atoms with Gasteiger partial charge in [-0.15, -0.1) is 21.5 Å². The molecule has 9 nitrogen and oxygen atoms in total. The summed E-state index contributed by atoms with van der Waals surface area (Å²) in [5, 5.41) is 13.0. The van der Waals surface area contributed by atoms with E-state index < -0.39 is 11.6 Å². The van der Waals surface area contributed by atoms with Crippen molar-refractivity contribution in [1.29, 1.82) is 0 Å². The summed E-state index contributed by atoms with van der Waals surface area (Å²) in [6, 6.07) is 11.2. The first-order valence-electron chi connectivity index (χ1n) is 16.9. The zero-order chi connectivity index (χ0) is 35.0. The maximum absolute atomic E-state index is 14.6. The topological polar surface area (TPSA) is 106 Å². The number of thiophene rings is 1. The highest BCUT2D eigenvalue weighted by molar-refractivity contribution is 7.23. The standard InChI is InChI=1S/C38H31F3N6O3S/c1-18-45-46-37(50-18)29-26(11-7-19-5-8-21(39)9-6-19)43-33-27-4-3-15-47(27)38(48)31(33)30(29)28-16-20-13-14-42-36(35(20)51-28)44-25-12-10-22-23(25)17-24(40)32(41)34(22)49-2/h5-6,8-9,13-14,16-17,25,27H,3-4,7,10-12,15H2,1-2H3,(H,42,44)/t25-,27-/m1/s1. The third kappa shape index (κ3) is 5.16. The molecule has 0 spiro atoms. The normalized spacial score (nSPS) is 17.7. The molecule has 6 heterocycles. The summed E-state index contributed by atoms with van der Waals surface area (Å²) in [5.74, 6) is -1.13. The lowest BCUT2D eigenvalue weighted by molar-refractivity contribution is 0.0776. The fraction of sp³-hybridized carbons (Fsp3) is 0.289. The Morgan fingerprint density at radius 2 is 1.88 bits per heavy atom. The third-order valence-electron chi connectivity index (χ3n) is 10.2. The van der Waals surface area contributed by atoms with Gasteiger partial charge in [0.1, 0.15) is 11.6 Å². The van der Waals surface area contributed by atoms with E-state index in [1.54, 1.807) is 25.3 Å². The number of amides is 1. The lowest BCUT2D eigenvalue weighted by atomic mass is 9.93. The van der Waals surface area contributed by atoms with Gasteiger partial charge in [0.05, 0.1) is 46.4 Å². The summed E-state index contributed by atoms with van der Waals surface area (Å²) in [6.07, 6.45) is 5.63. The van der Waals surface area contributed by atoms with Crippen molar-refractivity contribution in [1.82, 2.24) is 25.1 Å². The molecule has 0 unspecified atom stereocenters. The lowest BCUT2D eigenvalue weighted by Gasteiger charge is -2.17. The van der Waals surface area contributed by atoms with Gasteiger partial charge < -0.3 is 19.4 Å². The number of carbonyl (C=O) groups excluding carboxylic acids is 1. The molecule has 1 fully saturated rings. The first kappa shape index (κ1) is 31.7. The van der Waals surface area contributed by atoms with Crippen LogP contribution in [0.4, 0.5) is 19.0 Å². The van der Waals surface area contributed by atoms with Gasteiger partial charge in [0.2, 0.25) is 17.6 Å². The van der Waals surface area contributed by atoms with Crippen LogP contribution in [-0.2, 0) is 19.3 Å². The molecule has 2 aromatic carbocycles. The molecule has 3 aliphatic rings. The second-order valence-corrected chi connectivity index (χ2v) is 14.2. The Hall–Kier alpha value is -5.30. The summed E-state index contributed by atoms with van der Waals surface area (Å²) in [5.41, 5.74) is 5.54. The van der Waals surface area contributed by atoms with Gasteiger partial charge in [-0.1, -0.05) is 12.1 Å². The largest absolute Gasteiger partial charge is 0.493 e. The summed E-state index contributed by atoms with van der Waals surface area (Å²) in [7, 11) is 1.34. The van der Waals surface area contributed by atoms with E-state index in [4.69, 9.17) is 14.1 Å². The van der Waals surface area contributed by atoms with Crippen molar-refractivity contribution in [2.75, 3.05) is 19.0 Å². The predicted octanol–water partition coefficient (Wildman–Crippen LogP) is 8.32. The van der Waals surface area contributed by atoms with Crippen molar-refractivity contribution < 1.29 is 27.1 Å². The zero-order valence-corrected chi connectivity index (χ0v) is 28.5. The molecule has 1 aliphatic carbocycles. The van der Waals surface area contributed by atoms with Crippen LogP contribution in [0, 0.1) is 24.4 Å². The molecule has 1 N–H and O–H groups in total. The van der Waals surface area contributed by atoms with Crippen molar-refractivity contribution in [2.45, 2.75) is 57.5 Å². The molecule has 9 rings (SSSR count). The molecule has 1 saturated heterocycles. The van der Waals surface area contributed by atoms with E-state index in [0.29, 0.717) is 71.8 Å². The summed E-state index contributed by atoms with van der Waals surface area (Å²) in [6.45, 7) is 2.37. The van der Waals surface area contributed by atoms with Gasteiger partial charge in [-0.2, -0.15) is 4.39 Å². The van der Waals surface area contributed by atoms with Crippen LogP contribution in [0.15, 0.2) is 53.1 Å². The average molecular weight is 709 g/mol. The number of nitrogens with zero attached hydrogens (tertiary/aromatic N) is 5. The molecule has 0 radical (unpaired) electrons. The van der Waals surface area contributed by atoms with E-state index in [0.717, 1.165) is 44.8 Å². The van der Waals surface area contributed by atoms with Gasteiger partial charge in [-0.3, -0.25) is 9.78 Å². The van der Waals surface area contributed by atoms with Crippen LogP contribution in [0.1, 0.15) is 75.7 Å². The summed E-state index contributed by atoms with van der Waals surface area (Å²) >= 11 is 1.48. The van der Waals surface area contributed by atoms with Crippen LogP contribution in [-0.4, -0.2) is 44.6 Å². The van der Waals surface area contributed by atoms with Crippen LogP contribution in [0.3, 0.4) is 0 Å². The van der Waals surface area contributed by atoms with Crippen molar-refractivity contribution >= 4 is 33.1 Å². The molecule has 6 aromatic rings. The molecule has 2 aliphatic heterocycles. The highest BCUT2D eigenvalue weighted by Crippen LogP contribution is 2.51. The number of nitrogens with one attached hydrogen (secondary N) is 1. The number of halogens is 3. The number of hydrogen-bond donors (Lipinski definition) is 1. The van der Waals surface area contributed by atoms with Gasteiger partial charge in [0, 0.05) is 35.7 Å². The average Bonchev–Trinajstić information content (AvgIpc) is 3.97. The SMILES string of the molecule is COc1c(F)c(F)cc2c1CC[C@H]2Nc1nccc2cc(-c3c4c(nc(CCc5ccc(F)cc5)c3-c3nnc(C)o3)[C@H]3CCCN3C4=O)sc12. The van der Waals surface area contributed by atoms with E-state index in [-0.39, 0.29) is 35.4 Å². The Labute approximate surface area is 294 Å². The maximum Gasteiger partial charge on any atom is 0.257 e. The second kappa shape index (κ2) is 12.2. The lowest BCUT2D eigenvalue weighted by Crippen LogP contribution is -2.22. The molecule has 1 amide bonds. The summed E-state index contributed by atoms with van der Waals surface area (Å²) < 4.78 is 55.0. The number of methoxy groups -OCH3 is 1. The molecule has 51 heavy (non-hydrogen) atoms. The highest BCUT2D eigenvalue weighted by atomic mass is 32.1. The van der Waals surface area contributed by atoms with Crippen molar-refractivity contribution in [3.8, 4) is 27.6 Å². The minimum atomic E-state index is -0.982. The van der Waals surface area contributed by atoms with E-state index >= 15 is 0 Å². The molecule has 0 saturated carbocycles. The molecule has 2 atom stereocenters. The number of hydrogen-bond acceptors (Lipinski definition) is 9. The van der Waals surface area contributed by atoms with E-state index in [9.17, 15) is 18.0 Å². The third-order valence-corrected chi connectivity index (χ3v) is 11.4. The van der Waals surface area contributed by atoms with E-state index in [1.807, 2.05) is 17.0 Å². The Bertz CT molecular complexity index is 2380. The quantitative estimate of drug-likeness (QED) is 0.168. The molecular formula is C38H31F3N6O3S. The van der Waals surface area contributed by atoms with Gasteiger partial charge in [0.25, 0.3) is 5.91 Å². The van der Waals surface area contributed by atoms with Crippen molar-refractivity contribution in [2.24, 2.45) is 0 Å². The number of aromatic nitrogens is 4. The maximum atomic E-state index is 14.6. The molecule has 13 heteroatoms. The fourth-order valence-corrected chi connectivity index (χ4v) is 9.07. The van der Waals surface area contributed by atoms with E-state index in [1.165, 1.54) is 36.6 Å². The molecule has 0 bridgehead atoms. The van der Waals surface area contributed by atoms with Crippen LogP contribution in [0.2, 0.25) is 0 Å². The first-order chi connectivity index (χ1) is 24.8. The zero-order valence-electron chi connectivity index (χ0n) is 27.7. The Balaban J connectivity index is 1.19. The van der Waals surface area contributed by atoms with Crippen LogP contribution in [0.5, 0.6) is 5.75 Å². The molecule has 258 valence electrons. The Kier molecular flexibility index (Phi) is 7.57. The molecule has 4 aromatic heterocycles. The van der Waals surface area contributed by atoms with Gasteiger partial charge in [-0.05, 0) is 85.4 Å². The van der Waals surface area contributed by atoms with E-state index in [2.05, 4.69) is 20.5 Å². The van der Waals surface area contributed by atoms with Crippen molar-refractivity contribution in [3.63, 3.8) is 0 Å². The summed E-state index contributed by atoms with van der Waals surface area (Å²) in [4.78, 5) is 26.8. The van der Waals surface area contributed by atoms with Crippen LogP contribution < -0.4 is 10.1 Å². The van der Waals surface area contributed by atoms with Crippen molar-refractivity contribution in [3.05, 3.63) is 106 Å². The number of pyridine rings is 2. The minimum absolute atomic E-state index is 0.0605. The fourth-order valence-electron chi connectivity index (χ4n) is 7.91. The second-order valence-electron chi connectivity index (χ2n) is 13.2. The number of rotatable bonds is 8. The number of benzene rings is 2. The number of anilines is 1. The van der Waals surface area contributed by atoms with Gasteiger partial charge in [-0.25, -0.2) is 13.8 Å². The minimum Gasteiger partial charge on any atom is -0.493 e. The van der Waals surface area contributed by atoms with Gasteiger partial charge >= 0.3 is 0 Å². The monoisotopic (exact) mass is 708 g/mol. The molecular weight excluding hydrogens is 678 g/mol. The van der Waals surface area contributed by atoms with Crippen LogP contribution >= 0.6 is 11.3 Å². The number of fused-ring (bicyclic) bond motifs is 5. The number of ether oxygens (including phenoxy) is 1. The van der Waals surface area contributed by atoms with Gasteiger partial charge in [0.15, 0.2) is 11.6 Å². The Morgan fingerprint density at radius 1 is 1.04 bits per heavy atom. The highest BCUT2D eigenvalue weighted by Gasteiger charge is 2.45. The predicted molar refractivity (Wildman–Crippen MR) is 185 cm³/mol. The number of carbonyl (C=O) groups is 1. The smallest absolute Gasteiger partial charge is 0.257 e.